The molecule has 1 aromatic heterocycles. The van der Waals surface area contributed by atoms with E-state index in [-0.39, 0.29) is 12.5 Å². The van der Waals surface area contributed by atoms with Gasteiger partial charge >= 0.3 is 0 Å². The minimum Gasteiger partial charge on any atom is -0.356 e. The zero-order chi connectivity index (χ0) is 17.8. The van der Waals surface area contributed by atoms with Crippen molar-refractivity contribution in [3.05, 3.63) is 78.9 Å². The molecule has 6 heteroatoms. The molecule has 26 heavy (non-hydrogen) atoms. The van der Waals surface area contributed by atoms with E-state index in [1.54, 1.807) is 4.68 Å². The highest BCUT2D eigenvalue weighted by molar-refractivity contribution is 5.91. The molecule has 128 valence electrons. The lowest BCUT2D eigenvalue weighted by atomic mass is 10.2. The van der Waals surface area contributed by atoms with Gasteiger partial charge in [0.2, 0.25) is 5.91 Å². The van der Waals surface area contributed by atoms with E-state index in [9.17, 15) is 4.79 Å². The number of nitrogens with one attached hydrogen (secondary N) is 2. The molecule has 1 amide bonds. The van der Waals surface area contributed by atoms with Crippen molar-refractivity contribution >= 4 is 34.0 Å². The number of nitrogens with zero attached hydrogens (tertiary/aromatic N) is 3. The Kier molecular flexibility index (Phi) is 4.30. The van der Waals surface area contributed by atoms with Gasteiger partial charge in [-0.3, -0.25) is 4.79 Å². The van der Waals surface area contributed by atoms with Crippen molar-refractivity contribution < 1.29 is 4.79 Å². The summed E-state index contributed by atoms with van der Waals surface area (Å²) in [6, 6.07) is 25.1. The largest absolute Gasteiger partial charge is 0.356 e. The quantitative estimate of drug-likeness (QED) is 0.578. The summed E-state index contributed by atoms with van der Waals surface area (Å²) in [4.78, 5) is 12.3. The highest BCUT2D eigenvalue weighted by atomic mass is 16.2. The highest BCUT2D eigenvalue weighted by Gasteiger charge is 2.08. The molecule has 0 aliphatic rings. The van der Waals surface area contributed by atoms with Gasteiger partial charge in [-0.25, -0.2) is 4.68 Å². The minimum atomic E-state index is -0.149. The summed E-state index contributed by atoms with van der Waals surface area (Å²) < 4.78 is 1.59. The van der Waals surface area contributed by atoms with E-state index in [2.05, 4.69) is 20.9 Å². The molecule has 0 radical (unpaired) electrons. The van der Waals surface area contributed by atoms with E-state index < -0.39 is 0 Å². The molecular formula is C20H17N5O. The summed E-state index contributed by atoms with van der Waals surface area (Å²) in [5.41, 5.74) is 4.32. The van der Waals surface area contributed by atoms with E-state index in [0.717, 1.165) is 28.1 Å². The van der Waals surface area contributed by atoms with Gasteiger partial charge in [0.05, 0.1) is 5.52 Å². The number of aromatic nitrogens is 3. The van der Waals surface area contributed by atoms with Crippen LogP contribution in [0, 0.1) is 0 Å². The zero-order valence-electron chi connectivity index (χ0n) is 14.0. The third kappa shape index (κ3) is 3.54. The molecular weight excluding hydrogens is 326 g/mol. The van der Waals surface area contributed by atoms with Crippen LogP contribution in [0.25, 0.3) is 11.0 Å². The normalized spacial score (nSPS) is 10.6. The number of amides is 1. The molecule has 0 bridgehead atoms. The van der Waals surface area contributed by atoms with Crippen LogP contribution in [-0.4, -0.2) is 20.9 Å². The summed E-state index contributed by atoms with van der Waals surface area (Å²) in [6.07, 6.45) is 0. The van der Waals surface area contributed by atoms with E-state index in [1.165, 1.54) is 0 Å². The molecule has 0 aliphatic heterocycles. The molecule has 3 aromatic carbocycles. The molecule has 0 aliphatic carbocycles. The fraction of sp³-hybridized carbons (Fsp3) is 0.0500. The van der Waals surface area contributed by atoms with E-state index >= 15 is 0 Å². The van der Waals surface area contributed by atoms with Gasteiger partial charge in [0.15, 0.2) is 0 Å². The second-order valence-electron chi connectivity index (χ2n) is 5.85. The Labute approximate surface area is 150 Å². The van der Waals surface area contributed by atoms with Crippen LogP contribution in [0.1, 0.15) is 0 Å². The number of anilines is 3. The average Bonchev–Trinajstić information content (AvgIpc) is 3.07. The first kappa shape index (κ1) is 15.8. The summed E-state index contributed by atoms with van der Waals surface area (Å²) in [5, 5.41) is 14.3. The monoisotopic (exact) mass is 343 g/mol. The van der Waals surface area contributed by atoms with Crippen LogP contribution in [0.2, 0.25) is 0 Å². The second-order valence-corrected chi connectivity index (χ2v) is 5.85. The van der Waals surface area contributed by atoms with Crippen molar-refractivity contribution in [3.63, 3.8) is 0 Å². The second kappa shape index (κ2) is 7.06. The molecule has 0 spiro atoms. The average molecular weight is 343 g/mol. The lowest BCUT2D eigenvalue weighted by Crippen LogP contribution is -2.19. The van der Waals surface area contributed by atoms with Crippen molar-refractivity contribution in [2.24, 2.45) is 0 Å². The maximum absolute atomic E-state index is 12.3. The molecule has 0 unspecified atom stereocenters. The van der Waals surface area contributed by atoms with E-state index in [4.69, 9.17) is 0 Å². The van der Waals surface area contributed by atoms with Crippen LogP contribution in [0.5, 0.6) is 0 Å². The van der Waals surface area contributed by atoms with Gasteiger partial charge in [-0.15, -0.1) is 5.10 Å². The number of hydrogen-bond acceptors (Lipinski definition) is 4. The third-order valence-electron chi connectivity index (χ3n) is 3.94. The van der Waals surface area contributed by atoms with Crippen molar-refractivity contribution in [2.75, 3.05) is 10.6 Å². The minimum absolute atomic E-state index is 0.116. The number of para-hydroxylation sites is 2. The summed E-state index contributed by atoms with van der Waals surface area (Å²) >= 11 is 0. The van der Waals surface area contributed by atoms with Gasteiger partial charge in [-0.2, -0.15) is 0 Å². The molecule has 2 N–H and O–H groups in total. The van der Waals surface area contributed by atoms with Crippen LogP contribution < -0.4 is 10.6 Å². The fourth-order valence-electron chi connectivity index (χ4n) is 2.70. The molecule has 6 nitrogen and oxygen atoms in total. The van der Waals surface area contributed by atoms with E-state index in [0.29, 0.717) is 0 Å². The Bertz CT molecular complexity index is 1020. The van der Waals surface area contributed by atoms with Crippen molar-refractivity contribution in [3.8, 4) is 0 Å². The maximum Gasteiger partial charge on any atom is 0.246 e. The van der Waals surface area contributed by atoms with Crippen LogP contribution in [0.15, 0.2) is 78.9 Å². The SMILES string of the molecule is O=C(Cn1nnc2ccccc21)Nc1ccc(Nc2ccccc2)cc1. The Morgan fingerprint density at radius 1 is 0.808 bits per heavy atom. The first-order valence-corrected chi connectivity index (χ1v) is 8.28. The van der Waals surface area contributed by atoms with Gasteiger partial charge in [0, 0.05) is 17.1 Å². The third-order valence-corrected chi connectivity index (χ3v) is 3.94. The zero-order valence-corrected chi connectivity index (χ0v) is 14.0. The Morgan fingerprint density at radius 2 is 1.46 bits per heavy atom. The highest BCUT2D eigenvalue weighted by Crippen LogP contribution is 2.18. The van der Waals surface area contributed by atoms with Crippen molar-refractivity contribution in [1.29, 1.82) is 0 Å². The first-order valence-electron chi connectivity index (χ1n) is 8.28. The number of rotatable bonds is 5. The smallest absolute Gasteiger partial charge is 0.246 e. The number of hydrogen-bond donors (Lipinski definition) is 2. The number of benzene rings is 3. The van der Waals surface area contributed by atoms with Crippen LogP contribution >= 0.6 is 0 Å². The molecule has 4 aromatic rings. The van der Waals surface area contributed by atoms with Crippen molar-refractivity contribution in [2.45, 2.75) is 6.54 Å². The Morgan fingerprint density at radius 3 is 2.27 bits per heavy atom. The predicted molar refractivity (Wildman–Crippen MR) is 102 cm³/mol. The molecule has 0 saturated heterocycles. The molecule has 0 atom stereocenters. The van der Waals surface area contributed by atoms with Gasteiger partial charge < -0.3 is 10.6 Å². The molecule has 0 fully saturated rings. The topological polar surface area (TPSA) is 71.8 Å². The number of fused-ring (bicyclic) bond motifs is 1. The van der Waals surface area contributed by atoms with Crippen LogP contribution in [0.3, 0.4) is 0 Å². The molecule has 4 rings (SSSR count). The predicted octanol–water partition coefficient (Wildman–Crippen LogP) is 3.81. The van der Waals surface area contributed by atoms with Crippen LogP contribution in [-0.2, 0) is 11.3 Å². The summed E-state index contributed by atoms with van der Waals surface area (Å²) in [6.45, 7) is 0.116. The Hall–Kier alpha value is -3.67. The van der Waals surface area contributed by atoms with Gasteiger partial charge in [-0.05, 0) is 48.5 Å². The molecule has 1 heterocycles. The fourth-order valence-corrected chi connectivity index (χ4v) is 2.70. The Balaban J connectivity index is 1.40. The summed E-state index contributed by atoms with van der Waals surface area (Å²) in [5.74, 6) is -0.149. The lowest BCUT2D eigenvalue weighted by molar-refractivity contribution is -0.116. The summed E-state index contributed by atoms with van der Waals surface area (Å²) in [7, 11) is 0. The number of carbonyl (C=O) groups is 1. The van der Waals surface area contributed by atoms with Crippen molar-refractivity contribution in [1.82, 2.24) is 15.0 Å². The van der Waals surface area contributed by atoms with Crippen LogP contribution in [0.4, 0.5) is 17.1 Å². The van der Waals surface area contributed by atoms with Gasteiger partial charge in [-0.1, -0.05) is 35.5 Å². The van der Waals surface area contributed by atoms with Gasteiger partial charge in [0.1, 0.15) is 12.1 Å². The maximum atomic E-state index is 12.3. The number of carbonyl (C=O) groups excluding carboxylic acids is 1. The van der Waals surface area contributed by atoms with E-state index in [1.807, 2.05) is 78.9 Å². The lowest BCUT2D eigenvalue weighted by Gasteiger charge is -2.09. The standard InChI is InChI=1S/C20H17N5O/c26-20(14-25-19-9-5-4-8-18(19)23-24-25)22-17-12-10-16(11-13-17)21-15-6-2-1-3-7-15/h1-13,21H,14H2,(H,22,26). The van der Waals surface area contributed by atoms with Gasteiger partial charge in [0.25, 0.3) is 0 Å². The first-order chi connectivity index (χ1) is 12.8. The molecule has 0 saturated carbocycles.